The van der Waals surface area contributed by atoms with Crippen molar-refractivity contribution in [2.45, 2.75) is 52.8 Å². The third-order valence-corrected chi connectivity index (χ3v) is 6.73. The largest absolute Gasteiger partial charge is 0.0879 e. The maximum absolute atomic E-state index is 2.47. The summed E-state index contributed by atoms with van der Waals surface area (Å²) in [6.07, 6.45) is 7.18. The van der Waals surface area contributed by atoms with Crippen molar-refractivity contribution in [1.82, 2.24) is 0 Å². The zero-order valence-electron chi connectivity index (χ0n) is 13.2. The summed E-state index contributed by atoms with van der Waals surface area (Å²) in [5.74, 6) is 0. The van der Waals surface area contributed by atoms with Crippen LogP contribution >= 0.6 is 0 Å². The highest BCUT2D eigenvalue weighted by Gasteiger charge is 2.21. The average Bonchev–Trinajstić information content (AvgIpc) is 2.37. The minimum absolute atomic E-state index is 1.18. The first-order valence-corrected chi connectivity index (χ1v) is 10.5. The molecule has 0 N–H and O–H groups in total. The minimum atomic E-state index is -1.30. The van der Waals surface area contributed by atoms with Crippen molar-refractivity contribution in [2.24, 2.45) is 0 Å². The molecular formula is C18H28Si. The first kappa shape index (κ1) is 16.0. The number of allylic oxidation sites excluding steroid dienone is 4. The predicted octanol–water partition coefficient (Wildman–Crippen LogP) is 5.29. The lowest BCUT2D eigenvalue weighted by Crippen LogP contribution is -2.40. The van der Waals surface area contributed by atoms with Crippen molar-refractivity contribution in [1.29, 1.82) is 0 Å². The zero-order valence-corrected chi connectivity index (χ0v) is 14.2. The van der Waals surface area contributed by atoms with Gasteiger partial charge in [-0.2, -0.15) is 0 Å². The van der Waals surface area contributed by atoms with Crippen molar-refractivity contribution < 1.29 is 0 Å². The fraction of sp³-hybridized carbons (Fsp3) is 0.444. The number of hydrogen-bond acceptors (Lipinski definition) is 0. The maximum Gasteiger partial charge on any atom is 0.0843 e. The molecule has 0 radical (unpaired) electrons. The molecule has 0 atom stereocenters. The van der Waals surface area contributed by atoms with Crippen LogP contribution in [0.25, 0.3) is 0 Å². The summed E-state index contributed by atoms with van der Waals surface area (Å²) in [7, 11) is -1.30. The summed E-state index contributed by atoms with van der Waals surface area (Å²) in [5.41, 5.74) is 2.96. The standard InChI is InChI=1S/C18H28Si/c1-16(2)10-9-11-17(3)14-15-19(4,5)18-12-7-6-8-13-18/h6-8,10,12-14H,9,11,15H2,1-5H3/b17-14-. The molecule has 0 aromatic heterocycles. The van der Waals surface area contributed by atoms with E-state index in [1.54, 1.807) is 5.19 Å². The lowest BCUT2D eigenvalue weighted by molar-refractivity contribution is 0.963. The van der Waals surface area contributed by atoms with Crippen LogP contribution in [-0.2, 0) is 0 Å². The topological polar surface area (TPSA) is 0 Å². The molecule has 19 heavy (non-hydrogen) atoms. The van der Waals surface area contributed by atoms with E-state index in [0.717, 1.165) is 0 Å². The van der Waals surface area contributed by atoms with Crippen LogP contribution in [0.15, 0.2) is 53.6 Å². The number of rotatable bonds is 6. The van der Waals surface area contributed by atoms with E-state index < -0.39 is 8.07 Å². The van der Waals surface area contributed by atoms with E-state index in [4.69, 9.17) is 0 Å². The van der Waals surface area contributed by atoms with E-state index in [-0.39, 0.29) is 0 Å². The molecule has 0 amide bonds. The van der Waals surface area contributed by atoms with Gasteiger partial charge in [0.2, 0.25) is 0 Å². The van der Waals surface area contributed by atoms with E-state index in [1.807, 2.05) is 0 Å². The van der Waals surface area contributed by atoms with Gasteiger partial charge in [0.05, 0.1) is 8.07 Å². The van der Waals surface area contributed by atoms with Gasteiger partial charge in [0.1, 0.15) is 0 Å². The molecule has 0 aliphatic carbocycles. The summed E-state index contributed by atoms with van der Waals surface area (Å²) in [5, 5.41) is 1.56. The Hall–Kier alpha value is -1.08. The monoisotopic (exact) mass is 272 g/mol. The molecule has 0 saturated heterocycles. The van der Waals surface area contributed by atoms with E-state index in [0.29, 0.717) is 0 Å². The first-order chi connectivity index (χ1) is 8.92. The predicted molar refractivity (Wildman–Crippen MR) is 90.8 cm³/mol. The van der Waals surface area contributed by atoms with Crippen LogP contribution in [0.5, 0.6) is 0 Å². The SMILES string of the molecule is CC(C)=CCC/C(C)=C\C[Si](C)(C)c1ccccc1. The van der Waals surface area contributed by atoms with Crippen LogP contribution in [0.1, 0.15) is 33.6 Å². The molecule has 0 unspecified atom stereocenters. The molecular weight excluding hydrogens is 244 g/mol. The summed E-state index contributed by atoms with van der Waals surface area (Å²) in [6.45, 7) is 11.5. The number of benzene rings is 1. The van der Waals surface area contributed by atoms with E-state index in [1.165, 1.54) is 30.0 Å². The molecule has 0 heterocycles. The Balaban J connectivity index is 2.57. The summed E-state index contributed by atoms with van der Waals surface area (Å²) in [6, 6.07) is 12.3. The molecule has 0 nitrogen and oxygen atoms in total. The molecule has 1 heteroatoms. The van der Waals surface area contributed by atoms with Gasteiger partial charge in [-0.1, -0.05) is 71.9 Å². The van der Waals surface area contributed by atoms with Crippen LogP contribution in [0, 0.1) is 0 Å². The molecule has 1 rings (SSSR count). The molecule has 104 valence electrons. The lowest BCUT2D eigenvalue weighted by Gasteiger charge is -2.21. The summed E-state index contributed by atoms with van der Waals surface area (Å²) in [4.78, 5) is 0. The molecule has 1 aromatic carbocycles. The molecule has 1 aromatic rings. The molecule has 0 spiro atoms. The normalized spacial score (nSPS) is 12.4. The molecule has 0 saturated carbocycles. The fourth-order valence-electron chi connectivity index (χ4n) is 2.13. The summed E-state index contributed by atoms with van der Waals surface area (Å²) < 4.78 is 0. The maximum atomic E-state index is 2.47. The molecule has 0 fully saturated rings. The summed E-state index contributed by atoms with van der Waals surface area (Å²) >= 11 is 0. The highest BCUT2D eigenvalue weighted by molar-refractivity contribution is 6.90. The highest BCUT2D eigenvalue weighted by Crippen LogP contribution is 2.15. The van der Waals surface area contributed by atoms with E-state index >= 15 is 0 Å². The lowest BCUT2D eigenvalue weighted by atomic mass is 10.1. The van der Waals surface area contributed by atoms with Crippen LogP contribution < -0.4 is 5.19 Å². The van der Waals surface area contributed by atoms with Crippen LogP contribution in [0.4, 0.5) is 0 Å². The fourth-order valence-corrected chi connectivity index (χ4v) is 4.32. The van der Waals surface area contributed by atoms with Crippen molar-refractivity contribution in [2.75, 3.05) is 0 Å². The van der Waals surface area contributed by atoms with Crippen molar-refractivity contribution >= 4 is 13.3 Å². The minimum Gasteiger partial charge on any atom is -0.0879 e. The Morgan fingerprint density at radius 1 is 1.00 bits per heavy atom. The second kappa shape index (κ2) is 7.49. The molecule has 0 bridgehead atoms. The average molecular weight is 273 g/mol. The van der Waals surface area contributed by atoms with E-state index in [9.17, 15) is 0 Å². The third kappa shape index (κ3) is 6.06. The Morgan fingerprint density at radius 2 is 1.63 bits per heavy atom. The Kier molecular flexibility index (Phi) is 6.30. The van der Waals surface area contributed by atoms with Gasteiger partial charge in [0.25, 0.3) is 0 Å². The van der Waals surface area contributed by atoms with Crippen molar-refractivity contribution in [3.63, 3.8) is 0 Å². The quantitative estimate of drug-likeness (QED) is 0.487. The smallest absolute Gasteiger partial charge is 0.0843 e. The Bertz CT molecular complexity index is 434. The van der Waals surface area contributed by atoms with Gasteiger partial charge in [0, 0.05) is 0 Å². The Labute approximate surface area is 120 Å². The second-order valence-corrected chi connectivity index (χ2v) is 11.1. The highest BCUT2D eigenvalue weighted by atomic mass is 28.3. The second-order valence-electron chi connectivity index (χ2n) is 6.32. The zero-order chi connectivity index (χ0) is 14.3. The van der Waals surface area contributed by atoms with Gasteiger partial charge in [0.15, 0.2) is 0 Å². The molecule has 0 aliphatic heterocycles. The first-order valence-electron chi connectivity index (χ1n) is 7.26. The Morgan fingerprint density at radius 3 is 2.21 bits per heavy atom. The van der Waals surface area contributed by atoms with Crippen LogP contribution in [0.2, 0.25) is 19.1 Å². The van der Waals surface area contributed by atoms with Crippen molar-refractivity contribution in [3.8, 4) is 0 Å². The van der Waals surface area contributed by atoms with Crippen LogP contribution in [0.3, 0.4) is 0 Å². The van der Waals surface area contributed by atoms with Gasteiger partial charge >= 0.3 is 0 Å². The van der Waals surface area contributed by atoms with Gasteiger partial charge in [-0.3, -0.25) is 0 Å². The van der Waals surface area contributed by atoms with E-state index in [2.05, 4.69) is 76.3 Å². The molecule has 0 aliphatic rings. The third-order valence-electron chi connectivity index (χ3n) is 3.61. The van der Waals surface area contributed by atoms with Gasteiger partial charge in [-0.15, -0.1) is 0 Å². The van der Waals surface area contributed by atoms with Gasteiger partial charge < -0.3 is 0 Å². The number of hydrogen-bond donors (Lipinski definition) is 0. The van der Waals surface area contributed by atoms with Gasteiger partial charge in [-0.25, -0.2) is 0 Å². The van der Waals surface area contributed by atoms with Crippen molar-refractivity contribution in [3.05, 3.63) is 53.6 Å². The van der Waals surface area contributed by atoms with Gasteiger partial charge in [-0.05, 0) is 39.7 Å². The van der Waals surface area contributed by atoms with Crippen LogP contribution in [-0.4, -0.2) is 8.07 Å².